The molecule has 0 aliphatic heterocycles. The van der Waals surface area contributed by atoms with Crippen LogP contribution in [0.4, 0.5) is 5.69 Å². The minimum Gasteiger partial charge on any atom is -0.465 e. The quantitative estimate of drug-likeness (QED) is 0.442. The van der Waals surface area contributed by atoms with Crippen LogP contribution in [0.5, 0.6) is 0 Å². The third-order valence-corrected chi connectivity index (χ3v) is 5.36. The Labute approximate surface area is 147 Å². The third kappa shape index (κ3) is 3.11. The second-order valence-electron chi connectivity index (χ2n) is 6.25. The number of esters is 1. The molecule has 2 fully saturated rings. The van der Waals surface area contributed by atoms with Crippen LogP contribution in [0.2, 0.25) is 0 Å². The maximum absolute atomic E-state index is 12.1. The fraction of sp³-hybridized carbons (Fsp3) is 0.438. The number of non-ortho nitro benzene ring substituents is 1. The van der Waals surface area contributed by atoms with E-state index in [1.807, 2.05) is 0 Å². The molecule has 9 heteroatoms. The summed E-state index contributed by atoms with van der Waals surface area (Å²) >= 11 is 1.31. The van der Waals surface area contributed by atoms with Gasteiger partial charge in [-0.2, -0.15) is 0 Å². The zero-order chi connectivity index (χ0) is 17.6. The predicted molar refractivity (Wildman–Crippen MR) is 88.8 cm³/mol. The van der Waals surface area contributed by atoms with Crippen LogP contribution in [0.3, 0.4) is 0 Å². The van der Waals surface area contributed by atoms with Gasteiger partial charge in [-0.05, 0) is 43.5 Å². The molecule has 2 aliphatic rings. The van der Waals surface area contributed by atoms with Gasteiger partial charge in [0.05, 0.1) is 17.6 Å². The Morgan fingerprint density at radius 1 is 1.32 bits per heavy atom. The maximum Gasteiger partial charge on any atom is 0.339 e. The molecule has 0 spiro atoms. The smallest absolute Gasteiger partial charge is 0.339 e. The monoisotopic (exact) mass is 360 g/mol. The van der Waals surface area contributed by atoms with E-state index >= 15 is 0 Å². The molecule has 1 heterocycles. The predicted octanol–water partition coefficient (Wildman–Crippen LogP) is 3.34. The first-order chi connectivity index (χ1) is 12.1. The number of methoxy groups -OCH3 is 1. The molecule has 0 N–H and O–H groups in total. The van der Waals surface area contributed by atoms with E-state index < -0.39 is 10.9 Å². The van der Waals surface area contributed by atoms with Gasteiger partial charge in [0.15, 0.2) is 5.16 Å². The van der Waals surface area contributed by atoms with Gasteiger partial charge in [0, 0.05) is 29.0 Å². The number of rotatable bonds is 6. The summed E-state index contributed by atoms with van der Waals surface area (Å²) in [5.74, 6) is 0.900. The molecular formula is C16H16N4O4S. The Bertz CT molecular complexity index is 858. The lowest BCUT2D eigenvalue weighted by Crippen LogP contribution is -2.05. The molecule has 2 saturated carbocycles. The van der Waals surface area contributed by atoms with Crippen molar-refractivity contribution < 1.29 is 14.5 Å². The maximum atomic E-state index is 12.1. The molecule has 8 nitrogen and oxygen atoms in total. The molecule has 130 valence electrons. The number of nitro benzene ring substituents is 1. The van der Waals surface area contributed by atoms with E-state index in [4.69, 9.17) is 4.74 Å². The number of carbonyl (C=O) groups excluding carboxylic acids is 1. The average molecular weight is 360 g/mol. The van der Waals surface area contributed by atoms with Crippen LogP contribution in [0.15, 0.2) is 28.3 Å². The van der Waals surface area contributed by atoms with Crippen LogP contribution in [0, 0.1) is 10.1 Å². The van der Waals surface area contributed by atoms with Crippen LogP contribution in [-0.4, -0.2) is 32.8 Å². The molecular weight excluding hydrogens is 344 g/mol. The molecule has 1 aromatic heterocycles. The summed E-state index contributed by atoms with van der Waals surface area (Å²) in [6, 6.07) is 4.62. The van der Waals surface area contributed by atoms with E-state index in [0.29, 0.717) is 16.9 Å². The summed E-state index contributed by atoms with van der Waals surface area (Å²) in [6.07, 6.45) is 4.49. The molecule has 0 bridgehead atoms. The first-order valence-electron chi connectivity index (χ1n) is 8.08. The van der Waals surface area contributed by atoms with Crippen molar-refractivity contribution in [1.82, 2.24) is 14.8 Å². The molecule has 2 aromatic rings. The van der Waals surface area contributed by atoms with Gasteiger partial charge >= 0.3 is 5.97 Å². The van der Waals surface area contributed by atoms with Crippen molar-refractivity contribution in [2.24, 2.45) is 0 Å². The first-order valence-corrected chi connectivity index (χ1v) is 8.89. The minimum atomic E-state index is -0.605. The molecule has 2 aliphatic carbocycles. The number of nitro groups is 1. The molecule has 0 amide bonds. The molecule has 0 saturated heterocycles. The van der Waals surface area contributed by atoms with E-state index in [1.165, 1.54) is 31.0 Å². The second kappa shape index (κ2) is 6.14. The van der Waals surface area contributed by atoms with Crippen LogP contribution in [0.1, 0.15) is 53.8 Å². The van der Waals surface area contributed by atoms with Crippen LogP contribution in [-0.2, 0) is 4.74 Å². The van der Waals surface area contributed by atoms with Crippen molar-refractivity contribution in [1.29, 1.82) is 0 Å². The molecule has 0 radical (unpaired) electrons. The van der Waals surface area contributed by atoms with Gasteiger partial charge in [-0.3, -0.25) is 10.1 Å². The van der Waals surface area contributed by atoms with E-state index in [-0.39, 0.29) is 11.3 Å². The lowest BCUT2D eigenvalue weighted by atomic mass is 10.2. The minimum absolute atomic E-state index is 0.146. The fourth-order valence-corrected chi connectivity index (χ4v) is 3.75. The summed E-state index contributed by atoms with van der Waals surface area (Å²) in [5.41, 5.74) is 0.0205. The highest BCUT2D eigenvalue weighted by molar-refractivity contribution is 7.99. The molecule has 1 aromatic carbocycles. The van der Waals surface area contributed by atoms with Gasteiger partial charge in [-0.1, -0.05) is 0 Å². The highest BCUT2D eigenvalue weighted by Crippen LogP contribution is 2.47. The largest absolute Gasteiger partial charge is 0.465 e. The Balaban J connectivity index is 1.71. The number of aromatic nitrogens is 3. The molecule has 0 unspecified atom stereocenters. The van der Waals surface area contributed by atoms with Gasteiger partial charge < -0.3 is 9.30 Å². The average Bonchev–Trinajstić information content (AvgIpc) is 3.53. The van der Waals surface area contributed by atoms with E-state index in [1.54, 1.807) is 6.07 Å². The van der Waals surface area contributed by atoms with Crippen molar-refractivity contribution in [2.45, 2.75) is 47.7 Å². The lowest BCUT2D eigenvalue weighted by molar-refractivity contribution is -0.384. The van der Waals surface area contributed by atoms with Gasteiger partial charge in [0.2, 0.25) is 0 Å². The van der Waals surface area contributed by atoms with Crippen molar-refractivity contribution in [3.05, 3.63) is 39.7 Å². The summed E-state index contributed by atoms with van der Waals surface area (Å²) in [7, 11) is 1.26. The van der Waals surface area contributed by atoms with Gasteiger partial charge in [0.1, 0.15) is 5.82 Å². The number of nitrogens with zero attached hydrogens (tertiary/aromatic N) is 4. The molecule has 4 rings (SSSR count). The second-order valence-corrected chi connectivity index (χ2v) is 7.26. The zero-order valence-electron chi connectivity index (χ0n) is 13.5. The van der Waals surface area contributed by atoms with Gasteiger partial charge in [-0.15, -0.1) is 10.2 Å². The Morgan fingerprint density at radius 2 is 2.08 bits per heavy atom. The standard InChI is InChI=1S/C16H16N4O4S/c1-24-15(21)12-8-11(20(22)23)6-7-13(12)25-16-18-17-14(9-2-3-9)19(16)10-4-5-10/h6-10H,2-5H2,1H3. The van der Waals surface area contributed by atoms with Crippen LogP contribution >= 0.6 is 11.8 Å². The van der Waals surface area contributed by atoms with Crippen molar-refractivity contribution in [2.75, 3.05) is 7.11 Å². The molecule has 25 heavy (non-hydrogen) atoms. The van der Waals surface area contributed by atoms with Crippen molar-refractivity contribution >= 4 is 23.4 Å². The Hall–Kier alpha value is -2.42. The first kappa shape index (κ1) is 16.1. The van der Waals surface area contributed by atoms with E-state index in [2.05, 4.69) is 14.8 Å². The Morgan fingerprint density at radius 3 is 2.68 bits per heavy atom. The highest BCUT2D eigenvalue weighted by Gasteiger charge is 2.36. The summed E-state index contributed by atoms with van der Waals surface area (Å²) in [4.78, 5) is 23.1. The van der Waals surface area contributed by atoms with Crippen molar-refractivity contribution in [3.8, 4) is 0 Å². The topological polar surface area (TPSA) is 100 Å². The number of benzene rings is 1. The number of hydrogen-bond donors (Lipinski definition) is 0. The number of carbonyl (C=O) groups is 1. The number of hydrogen-bond acceptors (Lipinski definition) is 7. The third-order valence-electron chi connectivity index (χ3n) is 4.33. The van der Waals surface area contributed by atoms with E-state index in [9.17, 15) is 14.9 Å². The van der Waals surface area contributed by atoms with Crippen LogP contribution < -0.4 is 0 Å². The van der Waals surface area contributed by atoms with Crippen molar-refractivity contribution in [3.63, 3.8) is 0 Å². The Kier molecular flexibility index (Phi) is 3.95. The fourth-order valence-electron chi connectivity index (χ4n) is 2.74. The lowest BCUT2D eigenvalue weighted by Gasteiger charge is -2.10. The van der Waals surface area contributed by atoms with Gasteiger partial charge in [-0.25, -0.2) is 4.79 Å². The zero-order valence-corrected chi connectivity index (χ0v) is 14.4. The molecule has 0 atom stereocenters. The summed E-state index contributed by atoms with van der Waals surface area (Å²) in [6.45, 7) is 0. The summed E-state index contributed by atoms with van der Waals surface area (Å²) < 4.78 is 6.95. The SMILES string of the molecule is COC(=O)c1cc([N+](=O)[O-])ccc1Sc1nnc(C2CC2)n1C1CC1. The highest BCUT2D eigenvalue weighted by atomic mass is 32.2. The van der Waals surface area contributed by atoms with Crippen LogP contribution in [0.25, 0.3) is 0 Å². The summed E-state index contributed by atoms with van der Waals surface area (Å²) in [5, 5.41) is 20.4. The number of ether oxygens (including phenoxy) is 1. The van der Waals surface area contributed by atoms with Gasteiger partial charge in [0.25, 0.3) is 5.69 Å². The normalized spacial score (nSPS) is 16.7. The van der Waals surface area contributed by atoms with E-state index in [0.717, 1.165) is 36.7 Å².